The van der Waals surface area contributed by atoms with Crippen LogP contribution in [0.3, 0.4) is 0 Å². The van der Waals surface area contributed by atoms with E-state index in [4.69, 9.17) is 4.74 Å². The first-order valence-corrected chi connectivity index (χ1v) is 8.97. The Morgan fingerprint density at radius 3 is 2.52 bits per heavy atom. The molecule has 2 aromatic carbocycles. The van der Waals surface area contributed by atoms with Crippen molar-refractivity contribution in [2.75, 3.05) is 5.32 Å². The third-order valence-corrected chi connectivity index (χ3v) is 4.16. The maximum absolute atomic E-state index is 12.9. The van der Waals surface area contributed by atoms with Crippen molar-refractivity contribution in [3.8, 4) is 17.3 Å². The van der Waals surface area contributed by atoms with E-state index in [2.05, 4.69) is 20.4 Å². The molecule has 0 aliphatic rings. The van der Waals surface area contributed by atoms with Gasteiger partial charge in [0.1, 0.15) is 24.2 Å². The summed E-state index contributed by atoms with van der Waals surface area (Å²) in [6, 6.07) is 13.9. The Hall–Kier alpha value is -4.21. The van der Waals surface area contributed by atoms with Crippen LogP contribution in [0.15, 0.2) is 79.5 Å². The minimum absolute atomic E-state index is 0.00751. The van der Waals surface area contributed by atoms with Crippen molar-refractivity contribution in [1.82, 2.24) is 19.7 Å². The van der Waals surface area contributed by atoms with Gasteiger partial charge in [0.25, 0.3) is 5.91 Å². The van der Waals surface area contributed by atoms with Crippen LogP contribution >= 0.6 is 0 Å². The van der Waals surface area contributed by atoms with Crippen LogP contribution in [0.2, 0.25) is 0 Å². The molecule has 0 fully saturated rings. The Balaban J connectivity index is 1.54. The van der Waals surface area contributed by atoms with E-state index < -0.39 is 17.6 Å². The molecule has 0 radical (unpaired) electrons. The number of halogens is 3. The van der Waals surface area contributed by atoms with Gasteiger partial charge < -0.3 is 10.1 Å². The molecule has 7 nitrogen and oxygen atoms in total. The van der Waals surface area contributed by atoms with Gasteiger partial charge in [-0.15, -0.1) is 0 Å². The molecule has 0 spiro atoms. The van der Waals surface area contributed by atoms with Gasteiger partial charge in [-0.2, -0.15) is 18.3 Å². The van der Waals surface area contributed by atoms with E-state index in [9.17, 15) is 18.0 Å². The van der Waals surface area contributed by atoms with Gasteiger partial charge in [0, 0.05) is 11.8 Å². The highest BCUT2D eigenvalue weighted by Crippen LogP contribution is 2.32. The van der Waals surface area contributed by atoms with Crippen molar-refractivity contribution in [3.05, 3.63) is 90.6 Å². The molecule has 10 heteroatoms. The minimum atomic E-state index is -4.48. The predicted molar refractivity (Wildman–Crippen MR) is 105 cm³/mol. The fourth-order valence-corrected chi connectivity index (χ4v) is 2.76. The SMILES string of the molecule is O=C(Nc1cccnc1-n1cncn1)c1cccc(Oc2cccc(C(F)(F)F)c2)c1. The number of alkyl halides is 3. The molecule has 2 heterocycles. The van der Waals surface area contributed by atoms with Crippen LogP contribution in [-0.4, -0.2) is 25.7 Å². The number of nitrogens with zero attached hydrogens (tertiary/aromatic N) is 4. The quantitative estimate of drug-likeness (QED) is 0.500. The van der Waals surface area contributed by atoms with E-state index in [0.29, 0.717) is 11.5 Å². The van der Waals surface area contributed by atoms with Crippen molar-refractivity contribution < 1.29 is 22.7 Å². The van der Waals surface area contributed by atoms with Crippen LogP contribution in [0.25, 0.3) is 5.82 Å². The van der Waals surface area contributed by atoms with Gasteiger partial charge >= 0.3 is 6.18 Å². The van der Waals surface area contributed by atoms with Crippen molar-refractivity contribution >= 4 is 11.6 Å². The Morgan fingerprint density at radius 2 is 1.77 bits per heavy atom. The first-order chi connectivity index (χ1) is 14.9. The number of anilines is 1. The summed E-state index contributed by atoms with van der Waals surface area (Å²) in [7, 11) is 0. The number of nitrogens with one attached hydrogen (secondary N) is 1. The van der Waals surface area contributed by atoms with Crippen LogP contribution in [0, 0.1) is 0 Å². The molecule has 4 aromatic rings. The van der Waals surface area contributed by atoms with Gasteiger partial charge in [-0.3, -0.25) is 4.79 Å². The summed E-state index contributed by atoms with van der Waals surface area (Å²) in [6.07, 6.45) is -0.140. The summed E-state index contributed by atoms with van der Waals surface area (Å²) < 4.78 is 45.6. The largest absolute Gasteiger partial charge is 0.457 e. The number of carbonyl (C=O) groups is 1. The summed E-state index contributed by atoms with van der Waals surface area (Å²) in [4.78, 5) is 20.8. The highest BCUT2D eigenvalue weighted by Gasteiger charge is 2.30. The van der Waals surface area contributed by atoms with Crippen molar-refractivity contribution in [2.45, 2.75) is 6.18 Å². The van der Waals surface area contributed by atoms with Crippen LogP contribution in [-0.2, 0) is 6.18 Å². The monoisotopic (exact) mass is 425 g/mol. The highest BCUT2D eigenvalue weighted by atomic mass is 19.4. The lowest BCUT2D eigenvalue weighted by molar-refractivity contribution is -0.137. The molecule has 2 aromatic heterocycles. The number of carbonyl (C=O) groups excluding carboxylic acids is 1. The van der Waals surface area contributed by atoms with E-state index in [1.54, 1.807) is 36.5 Å². The van der Waals surface area contributed by atoms with Gasteiger partial charge in [0.15, 0.2) is 5.82 Å². The molecule has 0 aliphatic heterocycles. The average Bonchev–Trinajstić information content (AvgIpc) is 3.29. The van der Waals surface area contributed by atoms with Crippen molar-refractivity contribution in [1.29, 1.82) is 0 Å². The van der Waals surface area contributed by atoms with Crippen LogP contribution < -0.4 is 10.1 Å². The van der Waals surface area contributed by atoms with E-state index in [1.807, 2.05) is 0 Å². The number of ether oxygens (including phenoxy) is 1. The van der Waals surface area contributed by atoms with Gasteiger partial charge in [-0.05, 0) is 48.5 Å². The third-order valence-electron chi connectivity index (χ3n) is 4.16. The summed E-state index contributed by atoms with van der Waals surface area (Å²) in [5.41, 5.74) is -0.170. The average molecular weight is 425 g/mol. The van der Waals surface area contributed by atoms with E-state index in [-0.39, 0.29) is 17.1 Å². The molecule has 1 N–H and O–H groups in total. The van der Waals surface area contributed by atoms with Crippen LogP contribution in [0.1, 0.15) is 15.9 Å². The van der Waals surface area contributed by atoms with Gasteiger partial charge in [0.05, 0.1) is 11.3 Å². The lowest BCUT2D eigenvalue weighted by atomic mass is 10.2. The molecular formula is C21H14F3N5O2. The van der Waals surface area contributed by atoms with Gasteiger partial charge in [-0.25, -0.2) is 14.6 Å². The molecule has 0 aliphatic carbocycles. The molecule has 0 saturated heterocycles. The van der Waals surface area contributed by atoms with Crippen molar-refractivity contribution in [2.24, 2.45) is 0 Å². The zero-order chi connectivity index (χ0) is 21.8. The fraction of sp³-hybridized carbons (Fsp3) is 0.0476. The molecule has 0 atom stereocenters. The number of hydrogen-bond donors (Lipinski definition) is 1. The minimum Gasteiger partial charge on any atom is -0.457 e. The lowest BCUT2D eigenvalue weighted by Gasteiger charge is -2.12. The third kappa shape index (κ3) is 4.69. The molecule has 0 saturated carbocycles. The van der Waals surface area contributed by atoms with E-state index in [0.717, 1.165) is 12.1 Å². The number of hydrogen-bond acceptors (Lipinski definition) is 5. The summed E-state index contributed by atoms with van der Waals surface area (Å²) >= 11 is 0. The summed E-state index contributed by atoms with van der Waals surface area (Å²) in [5, 5.41) is 6.74. The van der Waals surface area contributed by atoms with Crippen molar-refractivity contribution in [3.63, 3.8) is 0 Å². The van der Waals surface area contributed by atoms with Crippen LogP contribution in [0.4, 0.5) is 18.9 Å². The molecule has 4 rings (SSSR count). The predicted octanol–water partition coefficient (Wildman–Crippen LogP) is 4.73. The first-order valence-electron chi connectivity index (χ1n) is 8.97. The normalized spacial score (nSPS) is 11.2. The fourth-order valence-electron chi connectivity index (χ4n) is 2.76. The highest BCUT2D eigenvalue weighted by molar-refractivity contribution is 6.05. The number of amides is 1. The summed E-state index contributed by atoms with van der Waals surface area (Å²) in [6.45, 7) is 0. The molecule has 156 valence electrons. The Kier molecular flexibility index (Phi) is 5.35. The number of aromatic nitrogens is 4. The first kappa shape index (κ1) is 20.1. The number of benzene rings is 2. The topological polar surface area (TPSA) is 81.9 Å². The Labute approximate surface area is 174 Å². The zero-order valence-electron chi connectivity index (χ0n) is 15.7. The maximum Gasteiger partial charge on any atom is 0.416 e. The van der Waals surface area contributed by atoms with E-state index >= 15 is 0 Å². The number of pyridine rings is 1. The molecular weight excluding hydrogens is 411 g/mol. The second-order valence-electron chi connectivity index (χ2n) is 6.32. The zero-order valence-corrected chi connectivity index (χ0v) is 15.7. The standard InChI is InChI=1S/C21H14F3N5O2/c22-21(23,24)15-5-2-7-17(11-15)31-16-6-1-4-14(10-16)20(30)28-18-8-3-9-26-19(18)29-13-25-12-27-29/h1-13H,(H,28,30). The van der Waals surface area contributed by atoms with Gasteiger partial charge in [0.2, 0.25) is 0 Å². The smallest absolute Gasteiger partial charge is 0.416 e. The maximum atomic E-state index is 12.9. The molecule has 0 unspecified atom stereocenters. The van der Waals surface area contributed by atoms with Gasteiger partial charge in [-0.1, -0.05) is 12.1 Å². The molecule has 0 bridgehead atoms. The second kappa shape index (κ2) is 8.27. The van der Waals surface area contributed by atoms with E-state index in [1.165, 1.54) is 35.5 Å². The molecule has 31 heavy (non-hydrogen) atoms. The Bertz CT molecular complexity index is 1210. The second-order valence-corrected chi connectivity index (χ2v) is 6.32. The molecule has 1 amide bonds. The number of rotatable bonds is 5. The summed E-state index contributed by atoms with van der Waals surface area (Å²) in [5.74, 6) is 0.149. The van der Waals surface area contributed by atoms with Crippen LogP contribution in [0.5, 0.6) is 11.5 Å². The lowest BCUT2D eigenvalue weighted by Crippen LogP contribution is -2.14. The Morgan fingerprint density at radius 1 is 1.00 bits per heavy atom.